The second-order valence-electron chi connectivity index (χ2n) is 5.94. The molecule has 0 aliphatic rings. The van der Waals surface area contributed by atoms with Gasteiger partial charge in [-0.05, 0) is 36.7 Å². The standard InChI is InChI=1S/C14H17BrFN3O3S/c1-7-9(12(20)17-6-14(2,3)22)10-8(15)5-18(4)13(21)11(10)19(7)23-16/h5,22H,6H2,1-4H3,(H,17,20). The van der Waals surface area contributed by atoms with Crippen molar-refractivity contribution in [3.63, 3.8) is 0 Å². The van der Waals surface area contributed by atoms with Crippen LogP contribution in [0.25, 0.3) is 10.9 Å². The molecule has 0 spiro atoms. The van der Waals surface area contributed by atoms with Crippen LogP contribution >= 0.6 is 28.3 Å². The van der Waals surface area contributed by atoms with Gasteiger partial charge in [-0.25, -0.2) is 0 Å². The smallest absolute Gasteiger partial charge is 0.275 e. The van der Waals surface area contributed by atoms with Gasteiger partial charge in [0, 0.05) is 35.3 Å². The third-order valence-corrected chi connectivity index (χ3v) is 4.60. The van der Waals surface area contributed by atoms with Gasteiger partial charge >= 0.3 is 0 Å². The second kappa shape index (κ2) is 6.29. The fraction of sp³-hybridized carbons (Fsp3) is 0.429. The first-order chi connectivity index (χ1) is 10.6. The number of nitrogens with zero attached hydrogens (tertiary/aromatic N) is 2. The van der Waals surface area contributed by atoms with E-state index < -0.39 is 17.1 Å². The van der Waals surface area contributed by atoms with Crippen LogP contribution in [-0.4, -0.2) is 31.7 Å². The summed E-state index contributed by atoms with van der Waals surface area (Å²) >= 11 is 3.21. The van der Waals surface area contributed by atoms with E-state index in [1.54, 1.807) is 27.8 Å². The molecule has 0 aliphatic heterocycles. The minimum absolute atomic E-state index is 0.0309. The van der Waals surface area contributed by atoms with Crippen LogP contribution in [0.2, 0.25) is 0 Å². The van der Waals surface area contributed by atoms with Crippen molar-refractivity contribution in [2.24, 2.45) is 7.05 Å². The number of aryl methyl sites for hydroxylation is 1. The van der Waals surface area contributed by atoms with Crippen LogP contribution in [0.4, 0.5) is 3.89 Å². The minimum Gasteiger partial charge on any atom is -0.389 e. The van der Waals surface area contributed by atoms with Crippen molar-refractivity contribution in [3.8, 4) is 0 Å². The van der Waals surface area contributed by atoms with E-state index in [2.05, 4.69) is 21.2 Å². The Morgan fingerprint density at radius 1 is 1.52 bits per heavy atom. The van der Waals surface area contributed by atoms with Gasteiger partial charge in [0.2, 0.25) is 0 Å². The minimum atomic E-state index is -1.08. The van der Waals surface area contributed by atoms with Crippen molar-refractivity contribution in [1.29, 1.82) is 0 Å². The Bertz CT molecular complexity index is 839. The molecule has 126 valence electrons. The molecule has 0 atom stereocenters. The number of rotatable bonds is 4. The number of hydrogen-bond donors (Lipinski definition) is 2. The number of fused-ring (bicyclic) bond motifs is 1. The molecule has 2 rings (SSSR count). The van der Waals surface area contributed by atoms with Crippen LogP contribution in [0.1, 0.15) is 29.9 Å². The third kappa shape index (κ3) is 3.31. The predicted molar refractivity (Wildman–Crippen MR) is 92.3 cm³/mol. The summed E-state index contributed by atoms with van der Waals surface area (Å²) in [6, 6.07) is 0. The number of aromatic nitrogens is 2. The Labute approximate surface area is 145 Å². The molecule has 0 unspecified atom stereocenters. The van der Waals surface area contributed by atoms with Crippen molar-refractivity contribution < 1.29 is 13.8 Å². The summed E-state index contributed by atoms with van der Waals surface area (Å²) in [5.74, 6) is -0.476. The van der Waals surface area contributed by atoms with Crippen molar-refractivity contribution in [2.75, 3.05) is 6.54 Å². The predicted octanol–water partition coefficient (Wildman–Crippen LogP) is 2.29. The highest BCUT2D eigenvalue weighted by atomic mass is 79.9. The summed E-state index contributed by atoms with van der Waals surface area (Å²) in [5.41, 5.74) is -0.855. The normalized spacial score (nSPS) is 12.0. The highest BCUT2D eigenvalue weighted by Gasteiger charge is 2.26. The quantitative estimate of drug-likeness (QED) is 0.817. The molecule has 0 fully saturated rings. The van der Waals surface area contributed by atoms with Gasteiger partial charge in [-0.2, -0.15) is 0 Å². The number of amides is 1. The fourth-order valence-electron chi connectivity index (χ4n) is 2.31. The van der Waals surface area contributed by atoms with Crippen LogP contribution in [0.3, 0.4) is 0 Å². The summed E-state index contributed by atoms with van der Waals surface area (Å²) < 4.78 is 16.3. The molecule has 23 heavy (non-hydrogen) atoms. The lowest BCUT2D eigenvalue weighted by molar-refractivity contribution is 0.0694. The van der Waals surface area contributed by atoms with E-state index in [0.717, 1.165) is 3.97 Å². The van der Waals surface area contributed by atoms with Gasteiger partial charge in [-0.1, -0.05) is 0 Å². The number of carbonyl (C=O) groups is 1. The monoisotopic (exact) mass is 405 g/mol. The molecular weight excluding hydrogens is 389 g/mol. The largest absolute Gasteiger partial charge is 0.389 e. The molecule has 0 aliphatic carbocycles. The van der Waals surface area contributed by atoms with Gasteiger partial charge in [-0.3, -0.25) is 13.6 Å². The molecule has 2 aromatic rings. The topological polar surface area (TPSA) is 76.3 Å². The summed E-state index contributed by atoms with van der Waals surface area (Å²) in [4.78, 5) is 24.8. The van der Waals surface area contributed by atoms with E-state index >= 15 is 0 Å². The van der Waals surface area contributed by atoms with Gasteiger partial charge < -0.3 is 15.0 Å². The summed E-state index contributed by atoms with van der Waals surface area (Å²) in [7, 11) is 1.55. The van der Waals surface area contributed by atoms with Gasteiger partial charge in [0.1, 0.15) is 5.52 Å². The van der Waals surface area contributed by atoms with E-state index in [9.17, 15) is 18.6 Å². The van der Waals surface area contributed by atoms with Gasteiger partial charge in [0.15, 0.2) is 12.3 Å². The lowest BCUT2D eigenvalue weighted by Crippen LogP contribution is -2.38. The Morgan fingerprint density at radius 2 is 2.13 bits per heavy atom. The maximum Gasteiger partial charge on any atom is 0.275 e. The Hall–Kier alpha value is -1.32. The van der Waals surface area contributed by atoms with E-state index in [1.807, 2.05) is 0 Å². The number of hydrogen-bond acceptors (Lipinski definition) is 4. The van der Waals surface area contributed by atoms with Gasteiger partial charge in [-0.15, -0.1) is 3.89 Å². The summed E-state index contributed by atoms with van der Waals surface area (Å²) in [6.07, 6.45) is 1.53. The molecule has 2 aromatic heterocycles. The molecule has 1 amide bonds. The first-order valence-electron chi connectivity index (χ1n) is 6.78. The lowest BCUT2D eigenvalue weighted by Gasteiger charge is -2.17. The SMILES string of the molecule is Cc1c(C(=O)NCC(C)(C)O)c2c(Br)cn(C)c(=O)c2n1SF. The van der Waals surface area contributed by atoms with E-state index in [0.29, 0.717) is 15.6 Å². The molecule has 6 nitrogen and oxygen atoms in total. The molecule has 2 heterocycles. The van der Waals surface area contributed by atoms with Crippen LogP contribution < -0.4 is 10.9 Å². The van der Waals surface area contributed by atoms with Crippen molar-refractivity contribution >= 4 is 45.1 Å². The zero-order chi connectivity index (χ0) is 17.5. The third-order valence-electron chi connectivity index (χ3n) is 3.40. The van der Waals surface area contributed by atoms with E-state index in [1.165, 1.54) is 10.8 Å². The van der Waals surface area contributed by atoms with E-state index in [4.69, 9.17) is 0 Å². The Balaban J connectivity index is 2.70. The average Bonchev–Trinajstić information content (AvgIpc) is 2.74. The van der Waals surface area contributed by atoms with Crippen LogP contribution in [-0.2, 0) is 7.05 Å². The number of aliphatic hydroxyl groups is 1. The van der Waals surface area contributed by atoms with Crippen LogP contribution in [0.15, 0.2) is 15.5 Å². The number of nitrogens with one attached hydrogen (secondary N) is 1. The molecule has 0 aromatic carbocycles. The summed E-state index contributed by atoms with van der Waals surface area (Å²) in [5, 5.41) is 12.7. The molecule has 0 radical (unpaired) electrons. The molecule has 0 bridgehead atoms. The molecular formula is C14H17BrFN3O3S. The summed E-state index contributed by atoms with van der Waals surface area (Å²) in [6.45, 7) is 4.72. The maximum absolute atomic E-state index is 13.4. The maximum atomic E-state index is 13.4. The number of carbonyl (C=O) groups excluding carboxylic acids is 1. The fourth-order valence-corrected chi connectivity index (χ4v) is 3.43. The Morgan fingerprint density at radius 3 is 2.65 bits per heavy atom. The zero-order valence-electron chi connectivity index (χ0n) is 13.1. The van der Waals surface area contributed by atoms with E-state index in [-0.39, 0.29) is 30.0 Å². The Kier molecular flexibility index (Phi) is 4.93. The highest BCUT2D eigenvalue weighted by Crippen LogP contribution is 2.33. The lowest BCUT2D eigenvalue weighted by atomic mass is 10.1. The average molecular weight is 406 g/mol. The van der Waals surface area contributed by atoms with Crippen molar-refractivity contribution in [1.82, 2.24) is 13.9 Å². The van der Waals surface area contributed by atoms with Crippen molar-refractivity contribution in [3.05, 3.63) is 32.3 Å². The number of halogens is 2. The van der Waals surface area contributed by atoms with Crippen LogP contribution in [0.5, 0.6) is 0 Å². The van der Waals surface area contributed by atoms with Crippen molar-refractivity contribution in [2.45, 2.75) is 26.4 Å². The number of pyridine rings is 1. The van der Waals surface area contributed by atoms with Gasteiger partial charge in [0.05, 0.1) is 11.2 Å². The molecule has 0 saturated carbocycles. The molecule has 0 saturated heterocycles. The van der Waals surface area contributed by atoms with Crippen LogP contribution in [0, 0.1) is 6.92 Å². The first-order valence-corrected chi connectivity index (χ1v) is 8.25. The molecule has 2 N–H and O–H groups in total. The zero-order valence-corrected chi connectivity index (χ0v) is 15.5. The molecule has 9 heteroatoms. The first kappa shape index (κ1) is 18.0. The van der Waals surface area contributed by atoms with Gasteiger partial charge in [0.25, 0.3) is 11.5 Å². The highest BCUT2D eigenvalue weighted by molar-refractivity contribution is 9.10. The second-order valence-corrected chi connectivity index (χ2v) is 7.29.